The van der Waals surface area contributed by atoms with Gasteiger partial charge in [-0.3, -0.25) is 9.89 Å². The standard InChI is InChI=1S/C12H10BrN3O2S/c1-18-6-8-10(13)11(17)16(15-8)12-14-7-4-2-3-5-9(7)19-12/h2-5,15H,6H2,1H3. The van der Waals surface area contributed by atoms with Crippen LogP contribution in [0.2, 0.25) is 0 Å². The molecule has 0 aliphatic heterocycles. The Labute approximate surface area is 121 Å². The maximum atomic E-state index is 12.1. The Morgan fingerprint density at radius 3 is 3.00 bits per heavy atom. The number of benzene rings is 1. The summed E-state index contributed by atoms with van der Waals surface area (Å²) in [5.74, 6) is 0. The van der Waals surface area contributed by atoms with Crippen molar-refractivity contribution >= 4 is 37.5 Å². The first-order valence-electron chi connectivity index (χ1n) is 5.55. The molecule has 2 heterocycles. The van der Waals surface area contributed by atoms with E-state index >= 15 is 0 Å². The zero-order valence-electron chi connectivity index (χ0n) is 10.0. The van der Waals surface area contributed by atoms with E-state index < -0.39 is 0 Å². The minimum atomic E-state index is -0.161. The summed E-state index contributed by atoms with van der Waals surface area (Å²) < 4.78 is 8.00. The van der Waals surface area contributed by atoms with Crippen LogP contribution in [0, 0.1) is 0 Å². The monoisotopic (exact) mass is 339 g/mol. The second kappa shape index (κ2) is 4.92. The van der Waals surface area contributed by atoms with Crippen LogP contribution in [0.1, 0.15) is 5.69 Å². The molecule has 0 amide bonds. The van der Waals surface area contributed by atoms with Crippen molar-refractivity contribution in [2.75, 3.05) is 7.11 Å². The quantitative estimate of drug-likeness (QED) is 0.798. The molecule has 1 N–H and O–H groups in total. The van der Waals surface area contributed by atoms with Crippen LogP contribution in [0.15, 0.2) is 33.5 Å². The Balaban J connectivity index is 2.16. The molecule has 0 atom stereocenters. The third-order valence-corrected chi connectivity index (χ3v) is 4.50. The van der Waals surface area contributed by atoms with Crippen LogP contribution in [0.5, 0.6) is 0 Å². The molecular weight excluding hydrogens is 330 g/mol. The lowest BCUT2D eigenvalue weighted by Crippen LogP contribution is -2.14. The van der Waals surface area contributed by atoms with E-state index in [0.717, 1.165) is 10.2 Å². The van der Waals surface area contributed by atoms with Crippen molar-refractivity contribution in [2.24, 2.45) is 0 Å². The highest BCUT2D eigenvalue weighted by Crippen LogP contribution is 2.24. The summed E-state index contributed by atoms with van der Waals surface area (Å²) >= 11 is 4.74. The molecule has 0 aliphatic rings. The average molecular weight is 340 g/mol. The van der Waals surface area contributed by atoms with Crippen LogP contribution >= 0.6 is 27.3 Å². The van der Waals surface area contributed by atoms with Gasteiger partial charge in [0.05, 0.1) is 22.5 Å². The Kier molecular flexibility index (Phi) is 3.26. The van der Waals surface area contributed by atoms with Crippen molar-refractivity contribution in [1.29, 1.82) is 0 Å². The first-order chi connectivity index (χ1) is 9.20. The lowest BCUT2D eigenvalue weighted by Gasteiger charge is -1.96. The minimum absolute atomic E-state index is 0.161. The van der Waals surface area contributed by atoms with Crippen LogP contribution in [0.25, 0.3) is 15.3 Å². The maximum Gasteiger partial charge on any atom is 0.287 e. The van der Waals surface area contributed by atoms with Crippen LogP contribution < -0.4 is 5.56 Å². The summed E-state index contributed by atoms with van der Waals surface area (Å²) in [5, 5.41) is 3.63. The summed E-state index contributed by atoms with van der Waals surface area (Å²) in [5.41, 5.74) is 1.42. The highest BCUT2D eigenvalue weighted by Gasteiger charge is 2.15. The van der Waals surface area contributed by atoms with Gasteiger partial charge in [-0.15, -0.1) is 0 Å². The molecule has 0 saturated heterocycles. The molecule has 0 aliphatic carbocycles. The third-order valence-electron chi connectivity index (χ3n) is 2.67. The average Bonchev–Trinajstić information content (AvgIpc) is 2.95. The van der Waals surface area contributed by atoms with Gasteiger partial charge in [0.2, 0.25) is 5.13 Å². The number of methoxy groups -OCH3 is 1. The van der Waals surface area contributed by atoms with E-state index in [4.69, 9.17) is 4.74 Å². The smallest absolute Gasteiger partial charge is 0.287 e. The molecule has 98 valence electrons. The van der Waals surface area contributed by atoms with Gasteiger partial charge in [-0.25, -0.2) is 4.98 Å². The largest absolute Gasteiger partial charge is 0.378 e. The van der Waals surface area contributed by atoms with Crippen molar-refractivity contribution in [2.45, 2.75) is 6.61 Å². The molecule has 0 fully saturated rings. The lowest BCUT2D eigenvalue weighted by molar-refractivity contribution is 0.180. The molecule has 2 aromatic heterocycles. The van der Waals surface area contributed by atoms with Gasteiger partial charge in [-0.05, 0) is 28.1 Å². The zero-order valence-corrected chi connectivity index (χ0v) is 12.4. The van der Waals surface area contributed by atoms with Crippen molar-refractivity contribution in [3.63, 3.8) is 0 Å². The zero-order chi connectivity index (χ0) is 13.4. The van der Waals surface area contributed by atoms with Crippen LogP contribution in [0.4, 0.5) is 0 Å². The second-order valence-electron chi connectivity index (χ2n) is 3.94. The van der Waals surface area contributed by atoms with Crippen molar-refractivity contribution in [3.8, 4) is 5.13 Å². The van der Waals surface area contributed by atoms with Gasteiger partial charge in [-0.2, -0.15) is 4.68 Å². The molecule has 5 nitrogen and oxygen atoms in total. The van der Waals surface area contributed by atoms with E-state index in [1.165, 1.54) is 16.0 Å². The van der Waals surface area contributed by atoms with E-state index in [9.17, 15) is 4.79 Å². The van der Waals surface area contributed by atoms with E-state index in [1.54, 1.807) is 7.11 Å². The van der Waals surface area contributed by atoms with Crippen molar-refractivity contribution < 1.29 is 4.74 Å². The van der Waals surface area contributed by atoms with Gasteiger partial charge >= 0.3 is 0 Å². The molecule has 7 heteroatoms. The van der Waals surface area contributed by atoms with Crippen molar-refractivity contribution in [1.82, 2.24) is 14.8 Å². The fourth-order valence-corrected chi connectivity index (χ4v) is 3.10. The number of halogens is 1. The number of para-hydroxylation sites is 1. The summed E-state index contributed by atoms with van der Waals surface area (Å²) in [6.07, 6.45) is 0. The van der Waals surface area contributed by atoms with Crippen molar-refractivity contribution in [3.05, 3.63) is 44.8 Å². The highest BCUT2D eigenvalue weighted by atomic mass is 79.9. The molecule has 19 heavy (non-hydrogen) atoms. The molecule has 0 saturated carbocycles. The second-order valence-corrected chi connectivity index (χ2v) is 5.74. The van der Waals surface area contributed by atoms with Gasteiger partial charge in [0.1, 0.15) is 4.47 Å². The summed E-state index contributed by atoms with van der Waals surface area (Å²) in [6, 6.07) is 7.79. The van der Waals surface area contributed by atoms with Gasteiger partial charge in [-0.1, -0.05) is 23.5 Å². The number of thiazole rings is 1. The highest BCUT2D eigenvalue weighted by molar-refractivity contribution is 9.10. The number of nitrogens with one attached hydrogen (secondary N) is 1. The lowest BCUT2D eigenvalue weighted by atomic mass is 10.3. The number of ether oxygens (including phenoxy) is 1. The van der Waals surface area contributed by atoms with E-state index in [-0.39, 0.29) is 5.56 Å². The first kappa shape index (κ1) is 12.6. The maximum absolute atomic E-state index is 12.1. The number of H-pyrrole nitrogens is 1. The van der Waals surface area contributed by atoms with Gasteiger partial charge in [0, 0.05) is 7.11 Å². The van der Waals surface area contributed by atoms with Gasteiger partial charge in [0.15, 0.2) is 0 Å². The Bertz CT molecular complexity index is 757. The predicted molar refractivity (Wildman–Crippen MR) is 78.0 cm³/mol. The number of aromatic amines is 1. The minimum Gasteiger partial charge on any atom is -0.378 e. The Hall–Kier alpha value is -1.44. The number of hydrogen-bond acceptors (Lipinski definition) is 4. The molecule has 0 unspecified atom stereocenters. The molecule has 1 aromatic carbocycles. The normalized spacial score (nSPS) is 11.3. The van der Waals surface area contributed by atoms with E-state index in [2.05, 4.69) is 26.0 Å². The predicted octanol–water partition coefficient (Wildman–Crippen LogP) is 2.68. The molecule has 0 radical (unpaired) electrons. The van der Waals surface area contributed by atoms with Gasteiger partial charge < -0.3 is 4.74 Å². The number of rotatable bonds is 3. The van der Waals surface area contributed by atoms with E-state index in [1.807, 2.05) is 24.3 Å². The SMILES string of the molecule is COCc1[nH]n(-c2nc3ccccc3s2)c(=O)c1Br. The fourth-order valence-electron chi connectivity index (χ4n) is 1.79. The molecular formula is C12H10BrN3O2S. The first-order valence-corrected chi connectivity index (χ1v) is 7.16. The Morgan fingerprint density at radius 1 is 1.47 bits per heavy atom. The molecule has 3 rings (SSSR count). The van der Waals surface area contributed by atoms with Crippen LogP contribution in [-0.2, 0) is 11.3 Å². The summed E-state index contributed by atoms with van der Waals surface area (Å²) in [4.78, 5) is 16.6. The molecule has 0 spiro atoms. The third kappa shape index (κ3) is 2.13. The van der Waals surface area contributed by atoms with Crippen LogP contribution in [-0.4, -0.2) is 21.9 Å². The topological polar surface area (TPSA) is 59.9 Å². The summed E-state index contributed by atoms with van der Waals surface area (Å²) in [7, 11) is 1.58. The molecule has 3 aromatic rings. The Morgan fingerprint density at radius 2 is 2.26 bits per heavy atom. The van der Waals surface area contributed by atoms with Gasteiger partial charge in [0.25, 0.3) is 5.56 Å². The summed E-state index contributed by atoms with van der Waals surface area (Å²) in [6.45, 7) is 0.341. The number of hydrogen-bond donors (Lipinski definition) is 1. The number of fused-ring (bicyclic) bond motifs is 1. The van der Waals surface area contributed by atoms with E-state index in [0.29, 0.717) is 21.9 Å². The molecule has 0 bridgehead atoms. The number of nitrogens with zero attached hydrogens (tertiary/aromatic N) is 2. The fraction of sp³-hybridized carbons (Fsp3) is 0.167. The number of aromatic nitrogens is 3. The van der Waals surface area contributed by atoms with Crippen LogP contribution in [0.3, 0.4) is 0 Å².